The third-order valence-corrected chi connectivity index (χ3v) is 4.58. The quantitative estimate of drug-likeness (QED) is 0.474. The van der Waals surface area contributed by atoms with Gasteiger partial charge in [-0.1, -0.05) is 24.3 Å². The highest BCUT2D eigenvalue weighted by atomic mass is 32.2. The van der Waals surface area contributed by atoms with E-state index in [1.165, 1.54) is 10.5 Å². The van der Waals surface area contributed by atoms with Gasteiger partial charge in [-0.15, -0.1) is 11.8 Å². The van der Waals surface area contributed by atoms with Gasteiger partial charge in [-0.05, 0) is 41.6 Å². The summed E-state index contributed by atoms with van der Waals surface area (Å²) in [6, 6.07) is 15.8. The van der Waals surface area contributed by atoms with E-state index in [1.54, 1.807) is 30.9 Å². The number of amides is 1. The van der Waals surface area contributed by atoms with E-state index < -0.39 is 5.91 Å². The highest BCUT2D eigenvalue weighted by Crippen LogP contribution is 2.15. The molecule has 2 aromatic carbocycles. The molecule has 0 saturated heterocycles. The molecule has 0 aliphatic heterocycles. The second kappa shape index (κ2) is 9.13. The number of nitrogens with one attached hydrogen (secondary N) is 1. The lowest BCUT2D eigenvalue weighted by atomic mass is 10.1. The minimum atomic E-state index is -0.414. The maximum atomic E-state index is 11.1. The molecule has 0 saturated carbocycles. The summed E-state index contributed by atoms with van der Waals surface area (Å²) in [7, 11) is 3.78. The van der Waals surface area contributed by atoms with E-state index in [-0.39, 0.29) is 0 Å². The number of thioether (sulfide) groups is 1. The van der Waals surface area contributed by atoms with Gasteiger partial charge in [-0.2, -0.15) is 0 Å². The highest BCUT2D eigenvalue weighted by Gasteiger charge is 2.07. The molecule has 0 aliphatic rings. The lowest BCUT2D eigenvalue weighted by molar-refractivity contribution is 0.100. The summed E-state index contributed by atoms with van der Waals surface area (Å²) in [5, 5.41) is 3.33. The fourth-order valence-electron chi connectivity index (χ4n) is 2.43. The Kier molecular flexibility index (Phi) is 6.89. The predicted molar refractivity (Wildman–Crippen MR) is 105 cm³/mol. The highest BCUT2D eigenvalue weighted by molar-refractivity contribution is 7.98. The predicted octanol–water partition coefficient (Wildman–Crippen LogP) is 2.71. The number of aliphatic imine (C=N–C) groups is 1. The zero-order valence-corrected chi connectivity index (χ0v) is 15.6. The van der Waals surface area contributed by atoms with Crippen molar-refractivity contribution in [3.8, 4) is 0 Å². The standard InChI is InChI=1S/C19H24N4OS/c1-21-19(22-12-14-4-8-16(9-5-14)18(20)24)23(2)13-15-6-10-17(25-3)11-7-15/h4-11H,12-13H2,1-3H3,(H2,20,24)(H,21,22). The molecule has 2 aromatic rings. The van der Waals surface area contributed by atoms with Crippen molar-refractivity contribution in [3.05, 3.63) is 65.2 Å². The van der Waals surface area contributed by atoms with Crippen LogP contribution in [-0.2, 0) is 13.1 Å². The second-order valence-corrected chi connectivity index (χ2v) is 6.55. The van der Waals surface area contributed by atoms with Crippen molar-refractivity contribution in [1.29, 1.82) is 0 Å². The average molecular weight is 356 g/mol. The topological polar surface area (TPSA) is 70.7 Å². The summed E-state index contributed by atoms with van der Waals surface area (Å²) >= 11 is 1.74. The molecule has 0 fully saturated rings. The first kappa shape index (κ1) is 18.9. The molecule has 6 heteroatoms. The minimum absolute atomic E-state index is 0.414. The monoisotopic (exact) mass is 356 g/mol. The van der Waals surface area contributed by atoms with E-state index in [1.807, 2.05) is 19.2 Å². The molecule has 0 spiro atoms. The molecule has 1 amide bonds. The normalized spacial score (nSPS) is 11.2. The van der Waals surface area contributed by atoms with Crippen molar-refractivity contribution in [1.82, 2.24) is 10.2 Å². The molecule has 0 heterocycles. The maximum Gasteiger partial charge on any atom is 0.248 e. The van der Waals surface area contributed by atoms with Gasteiger partial charge in [-0.3, -0.25) is 9.79 Å². The Morgan fingerprint density at radius 3 is 2.24 bits per heavy atom. The number of benzene rings is 2. The van der Waals surface area contributed by atoms with Crippen molar-refractivity contribution in [3.63, 3.8) is 0 Å². The van der Waals surface area contributed by atoms with Crippen molar-refractivity contribution in [2.45, 2.75) is 18.0 Å². The van der Waals surface area contributed by atoms with Crippen molar-refractivity contribution in [2.24, 2.45) is 10.7 Å². The molecule has 0 aromatic heterocycles. The molecule has 3 N–H and O–H groups in total. The fraction of sp³-hybridized carbons (Fsp3) is 0.263. The molecule has 0 atom stereocenters. The van der Waals surface area contributed by atoms with E-state index in [2.05, 4.69) is 45.7 Å². The Hall–Kier alpha value is -2.47. The lowest BCUT2D eigenvalue weighted by Crippen LogP contribution is -2.38. The van der Waals surface area contributed by atoms with Crippen molar-refractivity contribution in [2.75, 3.05) is 20.4 Å². The molecule has 0 aliphatic carbocycles. The Morgan fingerprint density at radius 2 is 1.72 bits per heavy atom. The van der Waals surface area contributed by atoms with Crippen LogP contribution in [0.4, 0.5) is 0 Å². The van der Waals surface area contributed by atoms with Crippen molar-refractivity contribution < 1.29 is 4.79 Å². The van der Waals surface area contributed by atoms with Crippen LogP contribution in [0.5, 0.6) is 0 Å². The zero-order valence-electron chi connectivity index (χ0n) is 14.8. The molecule has 132 valence electrons. The maximum absolute atomic E-state index is 11.1. The number of guanidine groups is 1. The SMILES string of the molecule is CN=C(NCc1ccc(C(N)=O)cc1)N(C)Cc1ccc(SC)cc1. The first-order chi connectivity index (χ1) is 12.0. The number of nitrogens with zero attached hydrogens (tertiary/aromatic N) is 2. The Bertz CT molecular complexity index is 726. The number of hydrogen-bond donors (Lipinski definition) is 2. The van der Waals surface area contributed by atoms with Gasteiger partial charge in [0.2, 0.25) is 5.91 Å². The van der Waals surface area contributed by atoms with E-state index >= 15 is 0 Å². The molecule has 5 nitrogen and oxygen atoms in total. The molecular formula is C19H24N4OS. The Labute approximate surface area is 153 Å². The van der Waals surface area contributed by atoms with Crippen LogP contribution in [0, 0.1) is 0 Å². The summed E-state index contributed by atoms with van der Waals surface area (Å²) in [4.78, 5) is 18.8. The summed E-state index contributed by atoms with van der Waals surface area (Å²) in [5.41, 5.74) is 8.06. The largest absolute Gasteiger partial charge is 0.366 e. The Morgan fingerprint density at radius 1 is 1.12 bits per heavy atom. The summed E-state index contributed by atoms with van der Waals surface area (Å²) in [6.07, 6.45) is 2.07. The van der Waals surface area contributed by atoms with Gasteiger partial charge in [0, 0.05) is 37.6 Å². The summed E-state index contributed by atoms with van der Waals surface area (Å²) in [5.74, 6) is 0.399. The van der Waals surface area contributed by atoms with Crippen LogP contribution >= 0.6 is 11.8 Å². The molecule has 2 rings (SSSR count). The third kappa shape index (κ3) is 5.53. The molecule has 25 heavy (non-hydrogen) atoms. The van der Waals surface area contributed by atoms with Gasteiger partial charge in [0.25, 0.3) is 0 Å². The van der Waals surface area contributed by atoms with Crippen LogP contribution in [0.15, 0.2) is 58.4 Å². The first-order valence-corrected chi connectivity index (χ1v) is 9.19. The zero-order chi connectivity index (χ0) is 18.2. The number of rotatable bonds is 6. The van der Waals surface area contributed by atoms with E-state index in [9.17, 15) is 4.79 Å². The smallest absolute Gasteiger partial charge is 0.248 e. The van der Waals surface area contributed by atoms with Gasteiger partial charge >= 0.3 is 0 Å². The third-order valence-electron chi connectivity index (χ3n) is 3.84. The number of carbonyl (C=O) groups is 1. The van der Waals surface area contributed by atoms with E-state index in [0.717, 1.165) is 18.1 Å². The summed E-state index contributed by atoms with van der Waals surface area (Å²) < 4.78 is 0. The molecule has 0 bridgehead atoms. The average Bonchev–Trinajstić information content (AvgIpc) is 2.63. The minimum Gasteiger partial charge on any atom is -0.366 e. The molecule has 0 unspecified atom stereocenters. The lowest BCUT2D eigenvalue weighted by Gasteiger charge is -2.22. The first-order valence-electron chi connectivity index (χ1n) is 7.97. The van der Waals surface area contributed by atoms with Crippen LogP contribution in [0.1, 0.15) is 21.5 Å². The number of primary amides is 1. The van der Waals surface area contributed by atoms with E-state index in [0.29, 0.717) is 12.1 Å². The molecular weight excluding hydrogens is 332 g/mol. The van der Waals surface area contributed by atoms with Crippen LogP contribution in [0.3, 0.4) is 0 Å². The van der Waals surface area contributed by atoms with Gasteiger partial charge < -0.3 is 16.0 Å². The fourth-order valence-corrected chi connectivity index (χ4v) is 2.84. The van der Waals surface area contributed by atoms with Crippen LogP contribution in [-0.4, -0.2) is 37.1 Å². The van der Waals surface area contributed by atoms with Gasteiger partial charge in [0.1, 0.15) is 0 Å². The van der Waals surface area contributed by atoms with E-state index in [4.69, 9.17) is 5.73 Å². The summed E-state index contributed by atoms with van der Waals surface area (Å²) in [6.45, 7) is 1.40. The Balaban J connectivity index is 1.93. The number of carbonyl (C=O) groups excluding carboxylic acids is 1. The second-order valence-electron chi connectivity index (χ2n) is 5.67. The number of hydrogen-bond acceptors (Lipinski definition) is 3. The van der Waals surface area contributed by atoms with Gasteiger partial charge in [0.15, 0.2) is 5.96 Å². The van der Waals surface area contributed by atoms with Gasteiger partial charge in [0.05, 0.1) is 0 Å². The van der Waals surface area contributed by atoms with Gasteiger partial charge in [-0.25, -0.2) is 0 Å². The molecule has 0 radical (unpaired) electrons. The van der Waals surface area contributed by atoms with Crippen LogP contribution in [0.25, 0.3) is 0 Å². The van der Waals surface area contributed by atoms with Crippen molar-refractivity contribution >= 4 is 23.6 Å². The van der Waals surface area contributed by atoms with Crippen LogP contribution in [0.2, 0.25) is 0 Å². The number of nitrogens with two attached hydrogens (primary N) is 1. The van der Waals surface area contributed by atoms with Crippen LogP contribution < -0.4 is 11.1 Å².